The van der Waals surface area contributed by atoms with Crippen molar-refractivity contribution in [3.63, 3.8) is 0 Å². The van der Waals surface area contributed by atoms with Gasteiger partial charge in [-0.3, -0.25) is 0 Å². The van der Waals surface area contributed by atoms with Crippen molar-refractivity contribution in [2.45, 2.75) is 32.5 Å². The highest BCUT2D eigenvalue weighted by Crippen LogP contribution is 2.22. The summed E-state index contributed by atoms with van der Waals surface area (Å²) >= 11 is 0. The van der Waals surface area contributed by atoms with Gasteiger partial charge in [-0.2, -0.15) is 0 Å². The van der Waals surface area contributed by atoms with Gasteiger partial charge in [0.05, 0.1) is 0 Å². The third-order valence-corrected chi connectivity index (χ3v) is 1.76. The lowest BCUT2D eigenvalue weighted by Gasteiger charge is -2.21. The van der Waals surface area contributed by atoms with E-state index in [0.717, 1.165) is 0 Å². The fourth-order valence-electron chi connectivity index (χ4n) is 1.20. The van der Waals surface area contributed by atoms with Crippen LogP contribution >= 0.6 is 0 Å². The first-order chi connectivity index (χ1) is 6.92. The maximum Gasteiger partial charge on any atom is 0.140 e. The summed E-state index contributed by atoms with van der Waals surface area (Å²) in [7, 11) is 0. The van der Waals surface area contributed by atoms with Crippen molar-refractivity contribution in [2.24, 2.45) is 0 Å². The number of ether oxygens (including phenoxy) is 1. The molecule has 1 aromatic carbocycles. The normalized spacial score (nSPS) is 13.0. The highest BCUT2D eigenvalue weighted by atomic mass is 16.5. The maximum absolute atomic E-state index is 9.46. The molecule has 15 heavy (non-hydrogen) atoms. The number of hydrogen-bond acceptors (Lipinski definition) is 2. The van der Waals surface area contributed by atoms with Crippen LogP contribution in [0.4, 0.5) is 0 Å². The molecule has 0 fully saturated rings. The van der Waals surface area contributed by atoms with Crippen molar-refractivity contribution >= 4 is 0 Å². The van der Waals surface area contributed by atoms with Crippen LogP contribution in [0.25, 0.3) is 0 Å². The molecule has 0 saturated carbocycles. The van der Waals surface area contributed by atoms with Crippen LogP contribution in [-0.4, -0.2) is 10.7 Å². The summed E-state index contributed by atoms with van der Waals surface area (Å²) in [6.45, 7) is 5.91. The third-order valence-electron chi connectivity index (χ3n) is 1.76. The van der Waals surface area contributed by atoms with Gasteiger partial charge in [-0.15, -0.1) is 6.42 Å². The maximum atomic E-state index is 9.46. The van der Waals surface area contributed by atoms with E-state index in [1.807, 2.05) is 32.9 Å². The number of aliphatic hydroxyl groups is 1. The summed E-state index contributed by atoms with van der Waals surface area (Å²) in [4.78, 5) is 0. The largest absolute Gasteiger partial charge is 0.488 e. The van der Waals surface area contributed by atoms with E-state index < -0.39 is 6.10 Å². The van der Waals surface area contributed by atoms with Gasteiger partial charge >= 0.3 is 0 Å². The van der Waals surface area contributed by atoms with Crippen molar-refractivity contribution < 1.29 is 9.84 Å². The average molecular weight is 204 g/mol. The van der Waals surface area contributed by atoms with E-state index in [4.69, 9.17) is 11.2 Å². The van der Waals surface area contributed by atoms with E-state index in [2.05, 4.69) is 5.92 Å². The van der Waals surface area contributed by atoms with Crippen molar-refractivity contribution in [2.75, 3.05) is 0 Å². The predicted octanol–water partition coefficient (Wildman–Crippen LogP) is 2.53. The first-order valence-electron chi connectivity index (χ1n) is 4.85. The van der Waals surface area contributed by atoms with Gasteiger partial charge in [-0.1, -0.05) is 18.1 Å². The molecule has 1 atom stereocenters. The van der Waals surface area contributed by atoms with Gasteiger partial charge < -0.3 is 9.84 Å². The summed E-state index contributed by atoms with van der Waals surface area (Å²) in [5.41, 5.74) is 0.430. The minimum atomic E-state index is -0.867. The van der Waals surface area contributed by atoms with Gasteiger partial charge in [-0.05, 0) is 38.5 Å². The van der Waals surface area contributed by atoms with Crippen molar-refractivity contribution in [3.8, 4) is 18.1 Å². The van der Waals surface area contributed by atoms with Crippen LogP contribution in [0.2, 0.25) is 0 Å². The third kappa shape index (κ3) is 3.65. The van der Waals surface area contributed by atoms with Gasteiger partial charge in [0, 0.05) is 0 Å². The Morgan fingerprint density at radius 2 is 2.07 bits per heavy atom. The highest BCUT2D eigenvalue weighted by Gasteiger charge is 2.12. The van der Waals surface area contributed by atoms with Gasteiger partial charge in [0.15, 0.2) is 0 Å². The van der Waals surface area contributed by atoms with Gasteiger partial charge in [-0.25, -0.2) is 0 Å². The Labute approximate surface area is 90.9 Å². The average Bonchev–Trinajstić information content (AvgIpc) is 2.14. The molecule has 0 bridgehead atoms. The van der Waals surface area contributed by atoms with Crippen molar-refractivity contribution in [3.05, 3.63) is 29.8 Å². The molecular weight excluding hydrogens is 188 g/mol. The minimum Gasteiger partial charge on any atom is -0.488 e. The van der Waals surface area contributed by atoms with Crippen molar-refractivity contribution in [1.82, 2.24) is 0 Å². The Morgan fingerprint density at radius 3 is 2.60 bits per heavy atom. The quantitative estimate of drug-likeness (QED) is 0.750. The number of rotatable bonds is 2. The van der Waals surface area contributed by atoms with Crippen LogP contribution < -0.4 is 4.74 Å². The molecule has 0 aliphatic carbocycles. The predicted molar refractivity (Wildman–Crippen MR) is 60.6 cm³/mol. The van der Waals surface area contributed by atoms with Crippen LogP contribution in [0.15, 0.2) is 24.3 Å². The summed E-state index contributed by atoms with van der Waals surface area (Å²) in [6.07, 6.45) is 4.27. The van der Waals surface area contributed by atoms with Crippen LogP contribution in [0.5, 0.6) is 5.75 Å². The smallest absolute Gasteiger partial charge is 0.140 e. The first kappa shape index (κ1) is 11.6. The molecule has 1 aromatic rings. The lowest BCUT2D eigenvalue weighted by molar-refractivity contribution is 0.130. The molecule has 2 nitrogen and oxygen atoms in total. The zero-order valence-corrected chi connectivity index (χ0v) is 9.32. The Hall–Kier alpha value is -1.46. The van der Waals surface area contributed by atoms with E-state index >= 15 is 0 Å². The Bertz CT molecular complexity index is 369. The minimum absolute atomic E-state index is 0.250. The standard InChI is InChI=1S/C13H16O2/c1-5-12(14)10-7-6-8-11(9-10)15-13(2,3)4/h1,6-9,12,14H,2-4H3. The highest BCUT2D eigenvalue weighted by molar-refractivity contribution is 5.32. The second-order valence-electron chi connectivity index (χ2n) is 4.36. The van der Waals surface area contributed by atoms with Crippen LogP contribution in [0.3, 0.4) is 0 Å². The van der Waals surface area contributed by atoms with E-state index in [9.17, 15) is 5.11 Å². The Kier molecular flexibility index (Phi) is 3.39. The second-order valence-corrected chi connectivity index (χ2v) is 4.36. The van der Waals surface area contributed by atoms with E-state index in [1.54, 1.807) is 12.1 Å². The molecule has 0 radical (unpaired) electrons. The molecule has 0 saturated heterocycles. The fourth-order valence-corrected chi connectivity index (χ4v) is 1.20. The monoisotopic (exact) mass is 204 g/mol. The molecule has 0 spiro atoms. The van der Waals surface area contributed by atoms with E-state index in [1.165, 1.54) is 0 Å². The molecule has 1 rings (SSSR count). The van der Waals surface area contributed by atoms with E-state index in [-0.39, 0.29) is 5.60 Å². The van der Waals surface area contributed by atoms with Crippen LogP contribution in [0.1, 0.15) is 32.4 Å². The number of terminal acetylenes is 1. The van der Waals surface area contributed by atoms with E-state index in [0.29, 0.717) is 11.3 Å². The zero-order valence-electron chi connectivity index (χ0n) is 9.32. The molecule has 80 valence electrons. The number of benzene rings is 1. The second kappa shape index (κ2) is 4.37. The topological polar surface area (TPSA) is 29.5 Å². The summed E-state index contributed by atoms with van der Waals surface area (Å²) < 4.78 is 5.66. The first-order valence-corrected chi connectivity index (χ1v) is 4.85. The van der Waals surface area contributed by atoms with Crippen LogP contribution in [0, 0.1) is 12.3 Å². The molecule has 0 aliphatic rings. The Balaban J connectivity index is 2.89. The van der Waals surface area contributed by atoms with Gasteiger partial charge in [0.2, 0.25) is 0 Å². The molecule has 1 N–H and O–H groups in total. The number of aliphatic hydroxyl groups excluding tert-OH is 1. The summed E-state index contributed by atoms with van der Waals surface area (Å²) in [6, 6.07) is 7.20. The van der Waals surface area contributed by atoms with Crippen LogP contribution in [-0.2, 0) is 0 Å². The molecule has 2 heteroatoms. The van der Waals surface area contributed by atoms with Gasteiger partial charge in [0.1, 0.15) is 17.5 Å². The molecular formula is C13H16O2. The summed E-state index contributed by atoms with van der Waals surface area (Å²) in [5.74, 6) is 2.99. The summed E-state index contributed by atoms with van der Waals surface area (Å²) in [5, 5.41) is 9.46. The van der Waals surface area contributed by atoms with Gasteiger partial charge in [0.25, 0.3) is 0 Å². The molecule has 0 aliphatic heterocycles. The molecule has 0 aromatic heterocycles. The SMILES string of the molecule is C#CC(O)c1cccc(OC(C)(C)C)c1. The Morgan fingerprint density at radius 1 is 1.40 bits per heavy atom. The lowest BCUT2D eigenvalue weighted by atomic mass is 10.1. The number of hydrogen-bond donors (Lipinski definition) is 1. The fraction of sp³-hybridized carbons (Fsp3) is 0.385. The molecule has 1 unspecified atom stereocenters. The lowest BCUT2D eigenvalue weighted by Crippen LogP contribution is -2.23. The molecule has 0 heterocycles. The zero-order chi connectivity index (χ0) is 11.5. The van der Waals surface area contributed by atoms with Crippen molar-refractivity contribution in [1.29, 1.82) is 0 Å². The molecule has 0 amide bonds.